The van der Waals surface area contributed by atoms with Gasteiger partial charge in [0.25, 0.3) is 0 Å². The molecule has 8 atom stereocenters. The second-order valence-electron chi connectivity index (χ2n) is 25.4. The molecule has 12 aromatic rings. The van der Waals surface area contributed by atoms with Crippen LogP contribution < -0.4 is 62.2 Å². The lowest BCUT2D eigenvalue weighted by molar-refractivity contribution is -0.000644. The smallest absolute Gasteiger partial charge is 0.366 e. The van der Waals surface area contributed by atoms with E-state index >= 15 is 0 Å². The summed E-state index contributed by atoms with van der Waals surface area (Å²) in [6.45, 7) is 4.21. The minimum atomic E-state index is -5.53. The van der Waals surface area contributed by atoms with Gasteiger partial charge in [0, 0.05) is 62.2 Å². The van der Waals surface area contributed by atoms with Crippen LogP contribution in [0.2, 0.25) is 0 Å². The van der Waals surface area contributed by atoms with Crippen LogP contribution in [-0.4, -0.2) is 106 Å². The Morgan fingerprint density at radius 2 is 0.231 bits per heavy atom. The molecule has 6 fully saturated rings. The van der Waals surface area contributed by atoms with Crippen LogP contribution in [0.5, 0.6) is 0 Å². The van der Waals surface area contributed by atoms with E-state index in [1.165, 1.54) is 0 Å². The molecule has 0 radical (unpaired) electrons. The number of hydrogen-bond donors (Lipinski definition) is 0. The van der Waals surface area contributed by atoms with Crippen LogP contribution in [0, 0.1) is 0 Å². The normalized spacial score (nSPS) is 33.2. The Morgan fingerprint density at radius 3 is 0.327 bits per heavy atom. The van der Waals surface area contributed by atoms with E-state index in [4.69, 9.17) is 74.1 Å². The number of benzene rings is 12. The zero-order valence-corrected chi connectivity index (χ0v) is 67.2. The summed E-state index contributed by atoms with van der Waals surface area (Å²) in [7, 11) is -65.9. The van der Waals surface area contributed by atoms with E-state index in [1.54, 1.807) is 6.08 Å². The molecular weight excluding hydrogens is 1510 g/mol. The van der Waals surface area contributed by atoms with Crippen molar-refractivity contribution in [3.8, 4) is 0 Å². The molecule has 0 amide bonds. The van der Waals surface area contributed by atoms with E-state index in [2.05, 4.69) is 6.58 Å². The molecule has 12 aromatic carbocycles. The van der Waals surface area contributed by atoms with Crippen LogP contribution in [-0.2, 0) is 74.1 Å². The molecule has 30 heteroatoms. The van der Waals surface area contributed by atoms with Gasteiger partial charge in [0.15, 0.2) is 0 Å². The van der Waals surface area contributed by atoms with Crippen molar-refractivity contribution in [2.75, 3.05) is 0 Å². The summed E-state index contributed by atoms with van der Waals surface area (Å²) in [5.74, 6) is 0. The van der Waals surface area contributed by atoms with Gasteiger partial charge in [0.2, 0.25) is 0 Å². The Labute approximate surface area is 613 Å². The SMILES string of the molecule is C=Cc1ccc([Si]23O[Si]4(c5ccccc5)O[Si]5(c6ccccc6)O[Si]6(c7ccccc7)O[Si]7(c8ccccc8)O[Si](c8ccccc8)(O5)O[Si](c5ccccc5)(O4)O[Si](c4ccccc4)(O[Si]4(c5ccccc5)O[Si](c5ccccc5)(O7)O[Si](c5ccccc5)(O6)O[Si](c5ccccc5)(O4)O2)O3)cc1. The number of hydrogen-bond acceptors (Lipinski definition) is 18. The topological polar surface area (TPSA) is 166 Å². The fourth-order valence-corrected chi connectivity index (χ4v) is 83.1. The fourth-order valence-electron chi connectivity index (χ4n) is 13.9. The van der Waals surface area contributed by atoms with Crippen LogP contribution in [0.15, 0.2) is 364 Å². The molecule has 8 unspecified atom stereocenters. The molecular formula is C74H62O18Si12. The third-order valence-corrected chi connectivity index (χ3v) is 69.9. The van der Waals surface area contributed by atoms with Gasteiger partial charge in [0.1, 0.15) is 0 Å². The zero-order chi connectivity index (χ0) is 69.7. The monoisotopic (exact) mass is 1570 g/mol. The van der Waals surface area contributed by atoms with E-state index in [0.29, 0.717) is 62.2 Å². The Bertz CT molecular complexity index is 4680. The molecule has 104 heavy (non-hydrogen) atoms. The minimum Gasteiger partial charge on any atom is -0.366 e. The van der Waals surface area contributed by atoms with E-state index in [1.807, 2.05) is 358 Å². The first kappa shape index (κ1) is 66.9. The van der Waals surface area contributed by atoms with Gasteiger partial charge in [0.05, 0.1) is 0 Å². The molecule has 6 aliphatic rings. The molecule has 12 bridgehead atoms. The second-order valence-corrected chi connectivity index (χ2v) is 60.3. The highest BCUT2D eigenvalue weighted by Crippen LogP contribution is 2.50. The molecule has 0 aliphatic carbocycles. The highest BCUT2D eigenvalue weighted by molar-refractivity contribution is 7.16. The van der Waals surface area contributed by atoms with Crippen molar-refractivity contribution < 1.29 is 74.1 Å². The highest BCUT2D eigenvalue weighted by Gasteiger charge is 2.88. The van der Waals surface area contributed by atoms with Crippen LogP contribution in [0.25, 0.3) is 6.08 Å². The van der Waals surface area contributed by atoms with Gasteiger partial charge in [-0.15, -0.1) is 0 Å². The molecule has 6 heterocycles. The maximum absolute atomic E-state index is 8.84. The van der Waals surface area contributed by atoms with Gasteiger partial charge in [-0.2, -0.15) is 0 Å². The molecule has 0 aromatic heterocycles. The first-order valence-electron chi connectivity index (χ1n) is 33.9. The first-order valence-corrected chi connectivity index (χ1v) is 54.6. The van der Waals surface area contributed by atoms with Crippen molar-refractivity contribution in [3.05, 3.63) is 370 Å². The molecule has 0 spiro atoms. The molecule has 6 aliphatic heterocycles. The van der Waals surface area contributed by atoms with Crippen molar-refractivity contribution in [1.29, 1.82) is 0 Å². The van der Waals surface area contributed by atoms with Gasteiger partial charge < -0.3 is 74.1 Å². The maximum atomic E-state index is 8.84. The molecule has 6 saturated heterocycles. The minimum absolute atomic E-state index is 0.367. The predicted molar refractivity (Wildman–Crippen MR) is 412 cm³/mol. The van der Waals surface area contributed by atoms with Gasteiger partial charge in [-0.05, 0) is 5.56 Å². The van der Waals surface area contributed by atoms with Crippen molar-refractivity contribution in [2.24, 2.45) is 0 Å². The standard InChI is InChI=1S/C74H62O18Si12/c1-2-62-58-60-74(61-59-62)104-90-101(71-52-30-11-31-53-71)84-97(67-44-22-7-23-45-67)78-94(64-38-16-4-17-39-64)75-93(63-36-14-3-15-37-63)76-95(80-97,65-40-18-5-19-41-65)82-99(86-101,69-48-26-9-27-49-69)88-103(92-104,73-56-34-13-35-57-73)89-100(70-50-28-10-29-51-70)83-96(77-93,66-42-20-6-21-43-66)81-98(79-94,68-46-24-8-25-47-68)85-102(87-100,91-104)72-54-32-12-33-55-72/h2-61H,1H2. The molecule has 514 valence electrons. The second kappa shape index (κ2) is 25.8. The van der Waals surface area contributed by atoms with Crippen molar-refractivity contribution >= 4 is 174 Å². The Morgan fingerprint density at radius 1 is 0.135 bits per heavy atom. The molecule has 0 N–H and O–H groups in total. The van der Waals surface area contributed by atoms with Crippen molar-refractivity contribution in [2.45, 2.75) is 0 Å². The van der Waals surface area contributed by atoms with Crippen LogP contribution >= 0.6 is 0 Å². The average molecular weight is 1580 g/mol. The van der Waals surface area contributed by atoms with Crippen LogP contribution in [0.4, 0.5) is 0 Å². The van der Waals surface area contributed by atoms with Gasteiger partial charge >= 0.3 is 106 Å². The van der Waals surface area contributed by atoms with Gasteiger partial charge in [-0.1, -0.05) is 371 Å². The Kier molecular flexibility index (Phi) is 16.6. The summed E-state index contributed by atoms with van der Waals surface area (Å²) in [5.41, 5.74) is 0.763. The van der Waals surface area contributed by atoms with Crippen LogP contribution in [0.3, 0.4) is 0 Å². The maximum Gasteiger partial charge on any atom is 0.515 e. The summed E-state index contributed by atoms with van der Waals surface area (Å²) in [6.07, 6.45) is 1.76. The lowest BCUT2D eigenvalue weighted by Gasteiger charge is -2.62. The third-order valence-electron chi connectivity index (χ3n) is 18.7. The van der Waals surface area contributed by atoms with E-state index in [-0.39, 0.29) is 0 Å². The van der Waals surface area contributed by atoms with Crippen molar-refractivity contribution in [1.82, 2.24) is 0 Å². The largest absolute Gasteiger partial charge is 0.515 e. The van der Waals surface area contributed by atoms with Crippen molar-refractivity contribution in [3.63, 3.8) is 0 Å². The number of fused-ring (bicyclic) bond motifs is 12. The fraction of sp³-hybridized carbons (Fsp3) is 0. The average Bonchev–Trinajstić information content (AvgIpc) is 0.666. The summed E-state index contributed by atoms with van der Waals surface area (Å²) >= 11 is 0. The zero-order valence-electron chi connectivity index (χ0n) is 55.2. The van der Waals surface area contributed by atoms with Crippen LogP contribution in [0.1, 0.15) is 5.56 Å². The number of rotatable bonds is 13. The highest BCUT2D eigenvalue weighted by atomic mass is 28.6. The summed E-state index contributed by atoms with van der Waals surface area (Å²) < 4.78 is 159. The third kappa shape index (κ3) is 11.1. The van der Waals surface area contributed by atoms with E-state index in [9.17, 15) is 0 Å². The van der Waals surface area contributed by atoms with Gasteiger partial charge in [-0.3, -0.25) is 0 Å². The lowest BCUT2D eigenvalue weighted by atomic mass is 10.2. The summed E-state index contributed by atoms with van der Waals surface area (Å²) in [6, 6.07) is 112. The molecule has 0 saturated carbocycles. The van der Waals surface area contributed by atoms with E-state index in [0.717, 1.165) is 5.56 Å². The van der Waals surface area contributed by atoms with E-state index < -0.39 is 106 Å². The first-order chi connectivity index (χ1) is 50.9. The predicted octanol–water partition coefficient (Wildman–Crippen LogP) is 5.18. The summed E-state index contributed by atoms with van der Waals surface area (Å²) in [4.78, 5) is 0. The quantitative estimate of drug-likeness (QED) is 0.139. The molecule has 18 nitrogen and oxygen atoms in total. The Hall–Kier alpha value is -7.74. The molecule has 18 rings (SSSR count). The summed E-state index contributed by atoms with van der Waals surface area (Å²) in [5, 5.41) is 4.63. The Balaban J connectivity index is 1.10. The van der Waals surface area contributed by atoms with Gasteiger partial charge in [-0.25, -0.2) is 0 Å². The lowest BCUT2D eigenvalue weighted by Crippen LogP contribution is -2.96.